The minimum absolute atomic E-state index is 0.0601. The topological polar surface area (TPSA) is 76.0 Å². The summed E-state index contributed by atoms with van der Waals surface area (Å²) < 4.78 is 30.7. The van der Waals surface area contributed by atoms with Crippen LogP contribution in [0.5, 0.6) is 5.75 Å². The molecule has 4 rings (SSSR count). The number of nitrogens with zero attached hydrogens (tertiary/aromatic N) is 2. The number of aliphatic imine (C=N–C) groups is 1. The van der Waals surface area contributed by atoms with Gasteiger partial charge in [0.05, 0.1) is 17.5 Å². The summed E-state index contributed by atoms with van der Waals surface area (Å²) in [5.41, 5.74) is 0.833. The normalized spacial score (nSPS) is 23.9. The van der Waals surface area contributed by atoms with Crippen LogP contribution in [0, 0.1) is 3.57 Å². The van der Waals surface area contributed by atoms with Gasteiger partial charge in [-0.15, -0.1) is 0 Å². The molecule has 0 saturated carbocycles. The summed E-state index contributed by atoms with van der Waals surface area (Å²) in [5, 5.41) is 0.962. The molecule has 2 atom stereocenters. The van der Waals surface area contributed by atoms with Crippen molar-refractivity contribution in [3.8, 4) is 5.75 Å². The summed E-state index contributed by atoms with van der Waals surface area (Å²) in [5.74, 6) is 0.252. The predicted octanol–water partition coefficient (Wildman–Crippen LogP) is 3.63. The van der Waals surface area contributed by atoms with E-state index >= 15 is 0 Å². The van der Waals surface area contributed by atoms with Gasteiger partial charge in [-0.1, -0.05) is 29.4 Å². The van der Waals surface area contributed by atoms with Crippen molar-refractivity contribution in [1.29, 1.82) is 0 Å². The molecule has 0 aliphatic carbocycles. The van der Waals surface area contributed by atoms with Gasteiger partial charge in [0.2, 0.25) is 0 Å². The van der Waals surface area contributed by atoms with Gasteiger partial charge < -0.3 is 9.64 Å². The number of sulfone groups is 1. The number of amides is 1. The quantitative estimate of drug-likeness (QED) is 0.530. The highest BCUT2D eigenvalue weighted by molar-refractivity contribution is 14.1. The summed E-state index contributed by atoms with van der Waals surface area (Å²) in [6.45, 7) is -0.209. The Bertz CT molecular complexity index is 1080. The number of carbonyl (C=O) groups excluding carboxylic acids is 1. The van der Waals surface area contributed by atoms with E-state index in [0.717, 1.165) is 9.26 Å². The van der Waals surface area contributed by atoms with E-state index in [9.17, 15) is 13.2 Å². The van der Waals surface area contributed by atoms with Crippen LogP contribution in [0.3, 0.4) is 0 Å². The lowest BCUT2D eigenvalue weighted by Gasteiger charge is -2.24. The fraction of sp³-hybridized carbons (Fsp3) is 0.263. The molecule has 10 heteroatoms. The number of halogens is 2. The molecule has 152 valence electrons. The predicted molar refractivity (Wildman–Crippen MR) is 125 cm³/mol. The standard InChI is InChI=1S/C19H16ClIN2O4S2/c20-12-4-6-15(7-5-12)27-9-18(24)22-19-23(14-3-1-2-13(21)8-14)16-10-29(25,26)11-17(16)28-19/h1-8,16-17H,9-11H2/t16-,17+/m0/s1. The number of carbonyl (C=O) groups is 1. The zero-order valence-electron chi connectivity index (χ0n) is 15.0. The molecular weight excluding hydrogens is 547 g/mol. The zero-order valence-corrected chi connectivity index (χ0v) is 19.5. The van der Waals surface area contributed by atoms with Gasteiger partial charge in [0.15, 0.2) is 21.6 Å². The maximum atomic E-state index is 12.4. The summed E-state index contributed by atoms with van der Waals surface area (Å²) >= 11 is 9.39. The molecule has 2 aliphatic rings. The van der Waals surface area contributed by atoms with E-state index in [4.69, 9.17) is 16.3 Å². The highest BCUT2D eigenvalue weighted by Gasteiger charge is 2.49. The van der Waals surface area contributed by atoms with Crippen molar-refractivity contribution < 1.29 is 17.9 Å². The number of hydrogen-bond acceptors (Lipinski definition) is 5. The average molecular weight is 563 g/mol. The Balaban J connectivity index is 1.56. The number of anilines is 1. The number of thioether (sulfide) groups is 1. The van der Waals surface area contributed by atoms with E-state index in [1.54, 1.807) is 24.3 Å². The van der Waals surface area contributed by atoms with Gasteiger partial charge in [0.25, 0.3) is 5.91 Å². The number of fused-ring (bicyclic) bond motifs is 1. The van der Waals surface area contributed by atoms with E-state index in [1.807, 2.05) is 29.2 Å². The Morgan fingerprint density at radius 1 is 1.24 bits per heavy atom. The summed E-state index contributed by atoms with van der Waals surface area (Å²) in [4.78, 5) is 18.6. The van der Waals surface area contributed by atoms with Crippen LogP contribution in [0.2, 0.25) is 5.02 Å². The Morgan fingerprint density at radius 3 is 2.72 bits per heavy atom. The van der Waals surface area contributed by atoms with Crippen molar-refractivity contribution >= 4 is 72.6 Å². The molecule has 0 spiro atoms. The summed E-state index contributed by atoms with van der Waals surface area (Å²) in [6, 6.07) is 14.2. The lowest BCUT2D eigenvalue weighted by Crippen LogP contribution is -2.37. The maximum absolute atomic E-state index is 12.4. The van der Waals surface area contributed by atoms with Crippen LogP contribution in [0.15, 0.2) is 53.5 Å². The highest BCUT2D eigenvalue weighted by atomic mass is 127. The van der Waals surface area contributed by atoms with Gasteiger partial charge in [0, 0.05) is 19.5 Å². The highest BCUT2D eigenvalue weighted by Crippen LogP contribution is 2.41. The number of amidine groups is 1. The van der Waals surface area contributed by atoms with Gasteiger partial charge in [-0.2, -0.15) is 4.99 Å². The third kappa shape index (κ3) is 4.89. The van der Waals surface area contributed by atoms with Crippen molar-refractivity contribution in [3.05, 3.63) is 57.1 Å². The van der Waals surface area contributed by atoms with Crippen LogP contribution in [0.1, 0.15) is 0 Å². The summed E-state index contributed by atoms with van der Waals surface area (Å²) in [6.07, 6.45) is 0. The lowest BCUT2D eigenvalue weighted by atomic mass is 10.2. The first-order valence-electron chi connectivity index (χ1n) is 8.72. The third-order valence-electron chi connectivity index (χ3n) is 4.55. The number of ether oxygens (including phenoxy) is 1. The second-order valence-corrected chi connectivity index (χ2v) is 11.7. The first-order valence-corrected chi connectivity index (χ1v) is 12.9. The maximum Gasteiger partial charge on any atom is 0.285 e. The van der Waals surface area contributed by atoms with E-state index in [0.29, 0.717) is 15.9 Å². The molecular formula is C19H16ClIN2O4S2. The van der Waals surface area contributed by atoms with Crippen LogP contribution < -0.4 is 9.64 Å². The summed E-state index contributed by atoms with van der Waals surface area (Å²) in [7, 11) is -3.10. The van der Waals surface area contributed by atoms with E-state index in [1.165, 1.54) is 11.8 Å². The number of benzene rings is 2. The fourth-order valence-corrected chi connectivity index (χ4v) is 7.89. The van der Waals surface area contributed by atoms with Gasteiger partial charge in [-0.25, -0.2) is 8.42 Å². The zero-order chi connectivity index (χ0) is 20.6. The second kappa shape index (κ2) is 8.44. The van der Waals surface area contributed by atoms with Crippen molar-refractivity contribution in [3.63, 3.8) is 0 Å². The molecule has 2 fully saturated rings. The molecule has 6 nitrogen and oxygen atoms in total. The van der Waals surface area contributed by atoms with Gasteiger partial charge in [0.1, 0.15) is 5.75 Å². The third-order valence-corrected chi connectivity index (χ3v) is 8.68. The molecule has 2 saturated heterocycles. The minimum Gasteiger partial charge on any atom is -0.484 e. The molecule has 0 aromatic heterocycles. The fourth-order valence-electron chi connectivity index (χ4n) is 3.31. The molecule has 2 aromatic rings. The van der Waals surface area contributed by atoms with E-state index < -0.39 is 15.7 Å². The molecule has 29 heavy (non-hydrogen) atoms. The molecule has 2 aliphatic heterocycles. The Hall–Kier alpha value is -1.30. The van der Waals surface area contributed by atoms with Crippen LogP contribution in [-0.2, 0) is 14.6 Å². The Labute approximate surface area is 191 Å². The van der Waals surface area contributed by atoms with Gasteiger partial charge >= 0.3 is 0 Å². The second-order valence-electron chi connectivity index (χ2n) is 6.68. The van der Waals surface area contributed by atoms with Crippen molar-refractivity contribution in [2.24, 2.45) is 4.99 Å². The molecule has 1 amide bonds. The van der Waals surface area contributed by atoms with Crippen LogP contribution in [0.25, 0.3) is 0 Å². The smallest absolute Gasteiger partial charge is 0.285 e. The molecule has 2 heterocycles. The average Bonchev–Trinajstić information content (AvgIpc) is 3.12. The van der Waals surface area contributed by atoms with Crippen molar-refractivity contribution in [2.75, 3.05) is 23.0 Å². The molecule has 0 radical (unpaired) electrons. The molecule has 2 aromatic carbocycles. The Kier molecular flexibility index (Phi) is 6.10. The largest absolute Gasteiger partial charge is 0.484 e. The first-order chi connectivity index (χ1) is 13.8. The SMILES string of the molecule is O=C(COc1ccc(Cl)cc1)N=C1S[C@@H]2CS(=O)(=O)C[C@@H]2N1c1cccc(I)c1. The van der Waals surface area contributed by atoms with E-state index in [2.05, 4.69) is 27.6 Å². The monoisotopic (exact) mass is 562 g/mol. The first kappa shape index (κ1) is 21.0. The van der Waals surface area contributed by atoms with Crippen LogP contribution in [0.4, 0.5) is 5.69 Å². The minimum atomic E-state index is -3.10. The van der Waals surface area contributed by atoms with E-state index in [-0.39, 0.29) is 29.4 Å². The number of rotatable bonds is 4. The Morgan fingerprint density at radius 2 is 2.00 bits per heavy atom. The van der Waals surface area contributed by atoms with Crippen LogP contribution >= 0.6 is 46.0 Å². The van der Waals surface area contributed by atoms with Gasteiger partial charge in [-0.3, -0.25) is 4.79 Å². The molecule has 0 N–H and O–H groups in total. The lowest BCUT2D eigenvalue weighted by molar-refractivity contribution is -0.119. The van der Waals surface area contributed by atoms with Gasteiger partial charge in [-0.05, 0) is 65.1 Å². The molecule has 0 bridgehead atoms. The van der Waals surface area contributed by atoms with Crippen molar-refractivity contribution in [1.82, 2.24) is 0 Å². The van der Waals surface area contributed by atoms with Crippen LogP contribution in [-0.4, -0.2) is 48.9 Å². The number of hydrogen-bond donors (Lipinski definition) is 0. The van der Waals surface area contributed by atoms with Crippen molar-refractivity contribution in [2.45, 2.75) is 11.3 Å². The molecule has 0 unspecified atom stereocenters.